The number of anilines is 1. The van der Waals surface area contributed by atoms with Gasteiger partial charge in [-0.2, -0.15) is 0 Å². The van der Waals surface area contributed by atoms with Crippen LogP contribution in [0.3, 0.4) is 0 Å². The number of rotatable bonds is 8. The quantitative estimate of drug-likeness (QED) is 0.511. The molecule has 1 fully saturated rings. The van der Waals surface area contributed by atoms with Crippen molar-refractivity contribution in [3.63, 3.8) is 0 Å². The van der Waals surface area contributed by atoms with Gasteiger partial charge in [0.05, 0.1) is 11.3 Å². The van der Waals surface area contributed by atoms with Gasteiger partial charge in [0.25, 0.3) is 10.0 Å². The SMILES string of the molecule is O=C(Cc1ccc(NS(=O)(=O)c2ccc(F)cc2)cc1)NC1CCN(Cc2ccccc2)CC1. The molecule has 178 valence electrons. The third-order valence-corrected chi connectivity index (χ3v) is 7.29. The number of carbonyl (C=O) groups is 1. The minimum absolute atomic E-state index is 0.0211. The van der Waals surface area contributed by atoms with Crippen LogP contribution in [-0.4, -0.2) is 38.4 Å². The van der Waals surface area contributed by atoms with Crippen LogP contribution in [0, 0.1) is 5.82 Å². The van der Waals surface area contributed by atoms with Crippen molar-refractivity contribution < 1.29 is 17.6 Å². The highest BCUT2D eigenvalue weighted by atomic mass is 32.2. The summed E-state index contributed by atoms with van der Waals surface area (Å²) in [5.41, 5.74) is 2.47. The maximum atomic E-state index is 13.0. The topological polar surface area (TPSA) is 78.5 Å². The number of hydrogen-bond donors (Lipinski definition) is 2. The molecule has 0 saturated carbocycles. The number of nitrogens with zero attached hydrogens (tertiary/aromatic N) is 1. The molecule has 3 aromatic rings. The summed E-state index contributed by atoms with van der Waals surface area (Å²) >= 11 is 0. The van der Waals surface area contributed by atoms with Gasteiger partial charge < -0.3 is 5.32 Å². The van der Waals surface area contributed by atoms with Gasteiger partial charge in [0, 0.05) is 31.4 Å². The van der Waals surface area contributed by atoms with E-state index in [1.807, 2.05) is 6.07 Å². The van der Waals surface area contributed by atoms with Crippen LogP contribution in [0.1, 0.15) is 24.0 Å². The van der Waals surface area contributed by atoms with Gasteiger partial charge in [-0.1, -0.05) is 42.5 Å². The van der Waals surface area contributed by atoms with Gasteiger partial charge in [0.15, 0.2) is 0 Å². The number of likely N-dealkylation sites (tertiary alicyclic amines) is 1. The number of carbonyl (C=O) groups excluding carboxylic acids is 1. The Bertz CT molecular complexity index is 1190. The molecule has 6 nitrogen and oxygen atoms in total. The minimum Gasteiger partial charge on any atom is -0.353 e. The van der Waals surface area contributed by atoms with E-state index >= 15 is 0 Å². The first-order chi connectivity index (χ1) is 16.4. The Balaban J connectivity index is 1.23. The molecule has 34 heavy (non-hydrogen) atoms. The van der Waals surface area contributed by atoms with Crippen molar-refractivity contribution in [2.45, 2.75) is 36.7 Å². The highest BCUT2D eigenvalue weighted by molar-refractivity contribution is 7.92. The molecule has 1 heterocycles. The van der Waals surface area contributed by atoms with E-state index in [2.05, 4.69) is 39.2 Å². The Morgan fingerprint density at radius 1 is 0.882 bits per heavy atom. The van der Waals surface area contributed by atoms with Crippen molar-refractivity contribution in [3.05, 3.63) is 95.8 Å². The Morgan fingerprint density at radius 3 is 2.18 bits per heavy atom. The van der Waals surface area contributed by atoms with Crippen molar-refractivity contribution in [2.75, 3.05) is 17.8 Å². The summed E-state index contributed by atoms with van der Waals surface area (Å²) in [7, 11) is -3.81. The standard InChI is InChI=1S/C26H28FN3O3S/c27-22-8-12-25(13-9-22)34(32,33)29-24-10-6-20(7-11-24)18-26(31)28-23-14-16-30(17-15-23)19-21-4-2-1-3-5-21/h1-13,23,29H,14-19H2,(H,28,31). The molecule has 1 saturated heterocycles. The highest BCUT2D eigenvalue weighted by Crippen LogP contribution is 2.18. The lowest BCUT2D eigenvalue weighted by atomic mass is 10.0. The molecular formula is C26H28FN3O3S. The lowest BCUT2D eigenvalue weighted by Gasteiger charge is -2.32. The molecule has 1 amide bonds. The molecule has 2 N–H and O–H groups in total. The second kappa shape index (κ2) is 10.8. The number of sulfonamides is 1. The van der Waals surface area contributed by atoms with Gasteiger partial charge >= 0.3 is 0 Å². The van der Waals surface area contributed by atoms with E-state index in [0.29, 0.717) is 5.69 Å². The predicted molar refractivity (Wildman–Crippen MR) is 130 cm³/mol. The van der Waals surface area contributed by atoms with Gasteiger partial charge in [-0.3, -0.25) is 14.4 Å². The molecule has 0 aliphatic carbocycles. The van der Waals surface area contributed by atoms with Gasteiger partial charge in [0.2, 0.25) is 5.91 Å². The summed E-state index contributed by atoms with van der Waals surface area (Å²) in [6.07, 6.45) is 2.07. The molecule has 4 rings (SSSR count). The summed E-state index contributed by atoms with van der Waals surface area (Å²) in [5, 5.41) is 3.12. The van der Waals surface area contributed by atoms with Crippen LogP contribution in [0.25, 0.3) is 0 Å². The zero-order chi connectivity index (χ0) is 24.0. The average Bonchev–Trinajstić information content (AvgIpc) is 2.82. The first-order valence-corrected chi connectivity index (χ1v) is 12.8. The largest absolute Gasteiger partial charge is 0.353 e. The molecule has 0 unspecified atom stereocenters. The number of amides is 1. The molecule has 8 heteroatoms. The summed E-state index contributed by atoms with van der Waals surface area (Å²) < 4.78 is 40.4. The summed E-state index contributed by atoms with van der Waals surface area (Å²) in [6, 6.07) is 21.9. The Morgan fingerprint density at radius 2 is 1.53 bits per heavy atom. The number of hydrogen-bond acceptors (Lipinski definition) is 4. The van der Waals surface area contributed by atoms with Crippen LogP contribution in [0.4, 0.5) is 10.1 Å². The van der Waals surface area contributed by atoms with E-state index in [1.54, 1.807) is 24.3 Å². The molecule has 0 aromatic heterocycles. The zero-order valence-electron chi connectivity index (χ0n) is 18.8. The highest BCUT2D eigenvalue weighted by Gasteiger charge is 2.21. The lowest BCUT2D eigenvalue weighted by Crippen LogP contribution is -2.44. The third-order valence-electron chi connectivity index (χ3n) is 5.90. The Hall–Kier alpha value is -3.23. The third kappa shape index (κ3) is 6.65. The van der Waals surface area contributed by atoms with Crippen LogP contribution in [0.2, 0.25) is 0 Å². The fraction of sp³-hybridized carbons (Fsp3) is 0.269. The van der Waals surface area contributed by atoms with Crippen molar-refractivity contribution in [3.8, 4) is 0 Å². The second-order valence-corrected chi connectivity index (χ2v) is 10.2. The van der Waals surface area contributed by atoms with Gasteiger partial charge in [-0.05, 0) is 60.4 Å². The fourth-order valence-corrected chi connectivity index (χ4v) is 5.12. The van der Waals surface area contributed by atoms with Crippen LogP contribution in [-0.2, 0) is 27.8 Å². The van der Waals surface area contributed by atoms with E-state index in [1.165, 1.54) is 17.7 Å². The number of nitrogens with one attached hydrogen (secondary N) is 2. The van der Waals surface area contributed by atoms with Crippen LogP contribution in [0.15, 0.2) is 83.8 Å². The molecule has 1 aliphatic rings. The summed E-state index contributed by atoms with van der Waals surface area (Å²) in [5.74, 6) is -0.541. The van der Waals surface area contributed by atoms with E-state index in [4.69, 9.17) is 0 Å². The Labute approximate surface area is 199 Å². The summed E-state index contributed by atoms with van der Waals surface area (Å²) in [6.45, 7) is 2.82. The molecule has 0 spiro atoms. The van der Waals surface area contributed by atoms with E-state index < -0.39 is 15.8 Å². The first kappa shape index (κ1) is 23.9. The average molecular weight is 482 g/mol. The van der Waals surface area contributed by atoms with Crippen molar-refractivity contribution in [1.82, 2.24) is 10.2 Å². The van der Waals surface area contributed by atoms with Gasteiger partial charge in [0.1, 0.15) is 5.82 Å². The molecule has 0 radical (unpaired) electrons. The molecule has 0 atom stereocenters. The number of piperidine rings is 1. The van der Waals surface area contributed by atoms with Crippen LogP contribution >= 0.6 is 0 Å². The molecular weight excluding hydrogens is 453 g/mol. The number of halogens is 1. The van der Waals surface area contributed by atoms with Crippen molar-refractivity contribution in [1.29, 1.82) is 0 Å². The maximum Gasteiger partial charge on any atom is 0.261 e. The first-order valence-electron chi connectivity index (χ1n) is 11.3. The van der Waals surface area contributed by atoms with Crippen LogP contribution in [0.5, 0.6) is 0 Å². The normalized spacial score (nSPS) is 15.1. The van der Waals surface area contributed by atoms with Gasteiger partial charge in [-0.25, -0.2) is 12.8 Å². The molecule has 1 aliphatic heterocycles. The van der Waals surface area contributed by atoms with Crippen LogP contribution < -0.4 is 10.0 Å². The Kier molecular flexibility index (Phi) is 7.59. The minimum atomic E-state index is -3.81. The van der Waals surface area contributed by atoms with Crippen molar-refractivity contribution >= 4 is 21.6 Å². The van der Waals surface area contributed by atoms with E-state index in [-0.39, 0.29) is 23.3 Å². The lowest BCUT2D eigenvalue weighted by molar-refractivity contribution is -0.121. The zero-order valence-corrected chi connectivity index (χ0v) is 19.6. The van der Waals surface area contributed by atoms with E-state index in [0.717, 1.165) is 50.2 Å². The second-order valence-electron chi connectivity index (χ2n) is 8.54. The van der Waals surface area contributed by atoms with E-state index in [9.17, 15) is 17.6 Å². The smallest absolute Gasteiger partial charge is 0.261 e. The summed E-state index contributed by atoms with van der Waals surface area (Å²) in [4.78, 5) is 14.9. The molecule has 3 aromatic carbocycles. The van der Waals surface area contributed by atoms with Crippen molar-refractivity contribution in [2.24, 2.45) is 0 Å². The molecule has 0 bridgehead atoms. The predicted octanol–water partition coefficient (Wildman–Crippen LogP) is 3.95. The van der Waals surface area contributed by atoms with Gasteiger partial charge in [-0.15, -0.1) is 0 Å². The number of benzene rings is 3. The monoisotopic (exact) mass is 481 g/mol. The maximum absolute atomic E-state index is 13.0. The fourth-order valence-electron chi connectivity index (χ4n) is 4.06.